The number of benzene rings is 1. The molecule has 2 heterocycles. The molecule has 9 heteroatoms. The molecule has 0 aliphatic carbocycles. The van der Waals surface area contributed by atoms with Crippen LogP contribution >= 0.6 is 23.6 Å². The van der Waals surface area contributed by atoms with Crippen molar-refractivity contribution in [1.29, 1.82) is 0 Å². The molecule has 1 aromatic carbocycles. The summed E-state index contributed by atoms with van der Waals surface area (Å²) in [5.74, 6) is -2.66. The van der Waals surface area contributed by atoms with Gasteiger partial charge in [-0.05, 0) is 29.2 Å². The number of hydrogen-bond donors (Lipinski definition) is 3. The number of alkyl halides is 3. The minimum absolute atomic E-state index is 0.130. The highest BCUT2D eigenvalue weighted by Crippen LogP contribution is 2.44. The van der Waals surface area contributed by atoms with E-state index in [0.29, 0.717) is 5.56 Å². The smallest absolute Gasteiger partial charge is 0.363 e. The number of rotatable bonds is 3. The van der Waals surface area contributed by atoms with Gasteiger partial charge in [0.2, 0.25) is 5.72 Å². The summed E-state index contributed by atoms with van der Waals surface area (Å²) in [6, 6.07) is 10.0. The van der Waals surface area contributed by atoms with E-state index in [1.54, 1.807) is 41.8 Å². The Balaban J connectivity index is 2.15. The third kappa shape index (κ3) is 3.14. The Bertz CT molecular complexity index is 780. The predicted molar refractivity (Wildman–Crippen MR) is 91.2 cm³/mol. The maximum atomic E-state index is 13.7. The average Bonchev–Trinajstić information content (AvgIpc) is 3.08. The van der Waals surface area contributed by atoms with Gasteiger partial charge in [-0.25, -0.2) is 0 Å². The standard InChI is InChI=1S/C16H13F3N2O2S2/c17-16(18,19)15(23)11(13(22)10-7-4-8-25-10)12(20-14(24)21-15)9-5-2-1-3-6-9/h1-8,11-12,23H,(H2,20,21,24)/t11-,12+,15+/m0/s1. The van der Waals surface area contributed by atoms with Gasteiger partial charge >= 0.3 is 6.18 Å². The predicted octanol–water partition coefficient (Wildman–Crippen LogP) is 3.02. The summed E-state index contributed by atoms with van der Waals surface area (Å²) in [6.45, 7) is 0. The molecule has 1 aliphatic rings. The number of carbonyl (C=O) groups is 1. The monoisotopic (exact) mass is 386 g/mol. The highest BCUT2D eigenvalue weighted by molar-refractivity contribution is 7.80. The number of carbonyl (C=O) groups excluding carboxylic acids is 1. The molecular weight excluding hydrogens is 373 g/mol. The number of halogens is 3. The summed E-state index contributed by atoms with van der Waals surface area (Å²) in [7, 11) is 0. The van der Waals surface area contributed by atoms with Crippen LogP contribution in [-0.4, -0.2) is 27.9 Å². The zero-order valence-electron chi connectivity index (χ0n) is 12.6. The van der Waals surface area contributed by atoms with E-state index in [-0.39, 0.29) is 9.99 Å². The SMILES string of the molecule is O=C(c1cccs1)[C@@H]1[C@@H](c2ccccc2)NC(=S)N[C@]1(O)C(F)(F)F. The van der Waals surface area contributed by atoms with Gasteiger partial charge < -0.3 is 15.7 Å². The average molecular weight is 386 g/mol. The first kappa shape index (κ1) is 17.8. The Kier molecular flexibility index (Phi) is 4.56. The van der Waals surface area contributed by atoms with Crippen LogP contribution in [0.4, 0.5) is 13.2 Å². The van der Waals surface area contributed by atoms with Gasteiger partial charge in [-0.3, -0.25) is 4.79 Å². The largest absolute Gasteiger partial charge is 0.437 e. The van der Waals surface area contributed by atoms with Gasteiger partial charge in [0.1, 0.15) is 5.92 Å². The molecule has 4 nitrogen and oxygen atoms in total. The van der Waals surface area contributed by atoms with E-state index >= 15 is 0 Å². The lowest BCUT2D eigenvalue weighted by atomic mass is 9.79. The highest BCUT2D eigenvalue weighted by Gasteiger charge is 2.65. The summed E-state index contributed by atoms with van der Waals surface area (Å²) in [6.07, 6.45) is -5.11. The van der Waals surface area contributed by atoms with Crippen LogP contribution in [-0.2, 0) is 0 Å². The summed E-state index contributed by atoms with van der Waals surface area (Å²) >= 11 is 5.87. The fraction of sp³-hybridized carbons (Fsp3) is 0.250. The summed E-state index contributed by atoms with van der Waals surface area (Å²) < 4.78 is 41.1. The van der Waals surface area contributed by atoms with Crippen molar-refractivity contribution < 1.29 is 23.1 Å². The first-order valence-electron chi connectivity index (χ1n) is 7.24. The lowest BCUT2D eigenvalue weighted by molar-refractivity contribution is -0.285. The summed E-state index contributed by atoms with van der Waals surface area (Å²) in [5.41, 5.74) is -3.05. The number of thiophene rings is 1. The second kappa shape index (κ2) is 6.40. The molecule has 1 saturated heterocycles. The Hall–Kier alpha value is -1.97. The fourth-order valence-corrected chi connectivity index (χ4v) is 3.84. The summed E-state index contributed by atoms with van der Waals surface area (Å²) in [5, 5.41) is 16.2. The Labute approximate surface area is 150 Å². The minimum Gasteiger partial charge on any atom is -0.363 e. The van der Waals surface area contributed by atoms with E-state index in [1.807, 2.05) is 5.32 Å². The molecule has 0 saturated carbocycles. The van der Waals surface area contributed by atoms with Crippen molar-refractivity contribution in [3.05, 3.63) is 58.3 Å². The molecule has 1 aliphatic heterocycles. The second-order valence-electron chi connectivity index (χ2n) is 5.57. The van der Waals surface area contributed by atoms with Crippen molar-refractivity contribution >= 4 is 34.5 Å². The molecule has 3 atom stereocenters. The van der Waals surface area contributed by atoms with Crippen molar-refractivity contribution in [1.82, 2.24) is 10.6 Å². The van der Waals surface area contributed by atoms with E-state index in [2.05, 4.69) is 5.32 Å². The maximum absolute atomic E-state index is 13.7. The maximum Gasteiger partial charge on any atom is 0.437 e. The molecule has 0 unspecified atom stereocenters. The zero-order chi connectivity index (χ0) is 18.2. The van der Waals surface area contributed by atoms with Gasteiger partial charge in [0.15, 0.2) is 10.9 Å². The minimum atomic E-state index is -5.11. The van der Waals surface area contributed by atoms with Crippen LogP contribution in [0.25, 0.3) is 0 Å². The van der Waals surface area contributed by atoms with E-state index < -0.39 is 29.6 Å². The van der Waals surface area contributed by atoms with E-state index in [0.717, 1.165) is 11.3 Å². The fourth-order valence-electron chi connectivity index (χ4n) is 2.85. The number of thiocarbonyl (C=S) groups is 1. The van der Waals surface area contributed by atoms with Crippen molar-refractivity contribution in [3.63, 3.8) is 0 Å². The van der Waals surface area contributed by atoms with Crippen molar-refractivity contribution in [3.8, 4) is 0 Å². The van der Waals surface area contributed by atoms with E-state index in [1.165, 1.54) is 6.07 Å². The van der Waals surface area contributed by atoms with Crippen LogP contribution in [0.15, 0.2) is 47.8 Å². The van der Waals surface area contributed by atoms with Gasteiger partial charge in [-0.1, -0.05) is 36.4 Å². The molecule has 1 fully saturated rings. The molecule has 0 bridgehead atoms. The molecule has 0 spiro atoms. The van der Waals surface area contributed by atoms with E-state index in [4.69, 9.17) is 12.2 Å². The molecule has 2 aromatic rings. The first-order chi connectivity index (χ1) is 11.7. The van der Waals surface area contributed by atoms with Crippen molar-refractivity contribution in [2.24, 2.45) is 5.92 Å². The van der Waals surface area contributed by atoms with Crippen LogP contribution in [0, 0.1) is 5.92 Å². The quantitative estimate of drug-likeness (QED) is 0.559. The van der Waals surface area contributed by atoms with Crippen LogP contribution in [0.3, 0.4) is 0 Å². The Morgan fingerprint density at radius 3 is 2.44 bits per heavy atom. The van der Waals surface area contributed by atoms with Gasteiger partial charge in [-0.15, -0.1) is 11.3 Å². The molecule has 25 heavy (non-hydrogen) atoms. The van der Waals surface area contributed by atoms with Gasteiger partial charge in [0.25, 0.3) is 0 Å². The van der Waals surface area contributed by atoms with Crippen molar-refractivity contribution in [2.45, 2.75) is 17.9 Å². The van der Waals surface area contributed by atoms with Crippen LogP contribution < -0.4 is 10.6 Å². The lowest BCUT2D eigenvalue weighted by Crippen LogP contribution is -2.72. The zero-order valence-corrected chi connectivity index (χ0v) is 14.2. The second-order valence-corrected chi connectivity index (χ2v) is 6.93. The lowest BCUT2D eigenvalue weighted by Gasteiger charge is -2.46. The van der Waals surface area contributed by atoms with Crippen LogP contribution in [0.5, 0.6) is 0 Å². The first-order valence-corrected chi connectivity index (χ1v) is 8.53. The van der Waals surface area contributed by atoms with Crippen LogP contribution in [0.1, 0.15) is 21.3 Å². The number of nitrogens with one attached hydrogen (secondary N) is 2. The highest BCUT2D eigenvalue weighted by atomic mass is 32.1. The Morgan fingerprint density at radius 2 is 1.88 bits per heavy atom. The number of Topliss-reactive ketones (excluding diaryl/α,β-unsaturated/α-hetero) is 1. The number of hydrogen-bond acceptors (Lipinski definition) is 4. The third-order valence-electron chi connectivity index (χ3n) is 4.01. The van der Waals surface area contributed by atoms with Gasteiger partial charge in [0.05, 0.1) is 10.9 Å². The third-order valence-corrected chi connectivity index (χ3v) is 5.12. The van der Waals surface area contributed by atoms with Gasteiger partial charge in [0, 0.05) is 0 Å². The number of aliphatic hydroxyl groups is 1. The van der Waals surface area contributed by atoms with Crippen molar-refractivity contribution in [2.75, 3.05) is 0 Å². The Morgan fingerprint density at radius 1 is 1.20 bits per heavy atom. The number of ketones is 1. The molecule has 1 aromatic heterocycles. The molecule has 132 valence electrons. The van der Waals surface area contributed by atoms with E-state index in [9.17, 15) is 23.1 Å². The molecular formula is C16H13F3N2O2S2. The molecule has 3 N–H and O–H groups in total. The molecule has 3 rings (SSSR count). The molecule has 0 radical (unpaired) electrons. The summed E-state index contributed by atoms with van der Waals surface area (Å²) in [4.78, 5) is 13.0. The van der Waals surface area contributed by atoms with Crippen LogP contribution in [0.2, 0.25) is 0 Å². The van der Waals surface area contributed by atoms with Gasteiger partial charge in [-0.2, -0.15) is 13.2 Å². The topological polar surface area (TPSA) is 61.4 Å². The normalized spacial score (nSPS) is 26.6. The molecule has 0 amide bonds.